The zero-order valence-electron chi connectivity index (χ0n) is 9.67. The molecule has 3 nitrogen and oxygen atoms in total. The maximum atomic E-state index is 12.4. The number of fused-ring (bicyclic) bond motifs is 2. The summed E-state index contributed by atoms with van der Waals surface area (Å²) in [6.45, 7) is 1.06. The van der Waals surface area contributed by atoms with Gasteiger partial charge in [0.25, 0.3) is 0 Å². The molecule has 3 atom stereocenters. The van der Waals surface area contributed by atoms with Gasteiger partial charge in [0, 0.05) is 12.1 Å². The Morgan fingerprint density at radius 3 is 2.61 bits per heavy atom. The zero-order chi connectivity index (χ0) is 12.8. The summed E-state index contributed by atoms with van der Waals surface area (Å²) in [7, 11) is 0. The Bertz CT molecular complexity index is 429. The highest BCUT2D eigenvalue weighted by Gasteiger charge is 2.39. The fourth-order valence-electron chi connectivity index (χ4n) is 2.87. The first-order valence-corrected chi connectivity index (χ1v) is 6.05. The zero-order valence-corrected chi connectivity index (χ0v) is 9.67. The van der Waals surface area contributed by atoms with Crippen LogP contribution in [0.4, 0.5) is 18.9 Å². The highest BCUT2D eigenvalue weighted by molar-refractivity contribution is 5.43. The minimum absolute atomic E-state index is 0.308. The molecule has 1 aliphatic carbocycles. The Kier molecular flexibility index (Phi) is 2.69. The number of halogens is 3. The number of piperidine rings is 1. The second-order valence-corrected chi connectivity index (χ2v) is 5.03. The maximum absolute atomic E-state index is 12.4. The van der Waals surface area contributed by atoms with Crippen molar-refractivity contribution in [2.45, 2.75) is 31.1 Å². The van der Waals surface area contributed by atoms with Gasteiger partial charge in [0.15, 0.2) is 0 Å². The quantitative estimate of drug-likeness (QED) is 0.853. The van der Waals surface area contributed by atoms with E-state index in [0.29, 0.717) is 23.7 Å². The third kappa shape index (κ3) is 2.16. The van der Waals surface area contributed by atoms with Crippen molar-refractivity contribution >= 4 is 5.69 Å². The van der Waals surface area contributed by atoms with E-state index in [-0.39, 0.29) is 0 Å². The van der Waals surface area contributed by atoms with Crippen molar-refractivity contribution in [1.82, 2.24) is 10.3 Å². The van der Waals surface area contributed by atoms with Crippen LogP contribution in [0.1, 0.15) is 18.5 Å². The molecule has 2 fully saturated rings. The highest BCUT2D eigenvalue weighted by atomic mass is 19.4. The number of pyridine rings is 1. The summed E-state index contributed by atoms with van der Waals surface area (Å²) >= 11 is 0. The van der Waals surface area contributed by atoms with Gasteiger partial charge in [0.1, 0.15) is 5.69 Å². The molecule has 3 rings (SSSR count). The molecule has 0 radical (unpaired) electrons. The molecule has 1 saturated carbocycles. The molecule has 2 bridgehead atoms. The summed E-state index contributed by atoms with van der Waals surface area (Å²) in [5, 5.41) is 6.66. The molecule has 98 valence electrons. The number of nitrogens with zero attached hydrogens (tertiary/aromatic N) is 1. The first kappa shape index (κ1) is 11.8. The minimum Gasteiger partial charge on any atom is -0.379 e. The lowest BCUT2D eigenvalue weighted by molar-refractivity contribution is -0.141. The van der Waals surface area contributed by atoms with Crippen LogP contribution in [0.2, 0.25) is 0 Å². The summed E-state index contributed by atoms with van der Waals surface area (Å²) < 4.78 is 37.1. The third-order valence-corrected chi connectivity index (χ3v) is 3.73. The van der Waals surface area contributed by atoms with Crippen LogP contribution in [0.3, 0.4) is 0 Å². The van der Waals surface area contributed by atoms with E-state index in [4.69, 9.17) is 0 Å². The third-order valence-electron chi connectivity index (χ3n) is 3.73. The molecule has 1 aliphatic heterocycles. The second kappa shape index (κ2) is 4.12. The van der Waals surface area contributed by atoms with Gasteiger partial charge in [-0.3, -0.25) is 0 Å². The van der Waals surface area contributed by atoms with Gasteiger partial charge in [-0.05, 0) is 37.4 Å². The number of hydrogen-bond acceptors (Lipinski definition) is 3. The average Bonchev–Trinajstić information content (AvgIpc) is 2.90. The van der Waals surface area contributed by atoms with Gasteiger partial charge in [-0.25, -0.2) is 4.98 Å². The molecule has 0 unspecified atom stereocenters. The number of rotatable bonds is 2. The number of anilines is 1. The highest BCUT2D eigenvalue weighted by Crippen LogP contribution is 2.33. The first-order chi connectivity index (χ1) is 8.52. The smallest absolute Gasteiger partial charge is 0.379 e. The SMILES string of the molecule is FC(F)(F)c1ccc(N[C@@H]2C[C@@H]3CN[C@H]2C3)cn1. The Hall–Kier alpha value is -1.30. The van der Waals surface area contributed by atoms with Crippen LogP contribution in [-0.4, -0.2) is 23.6 Å². The monoisotopic (exact) mass is 257 g/mol. The van der Waals surface area contributed by atoms with Crippen LogP contribution < -0.4 is 10.6 Å². The van der Waals surface area contributed by atoms with Crippen LogP contribution in [0.15, 0.2) is 18.3 Å². The summed E-state index contributed by atoms with van der Waals surface area (Å²) in [4.78, 5) is 3.45. The molecule has 1 saturated heterocycles. The van der Waals surface area contributed by atoms with Crippen molar-refractivity contribution in [2.24, 2.45) is 5.92 Å². The van der Waals surface area contributed by atoms with Gasteiger partial charge in [0.05, 0.1) is 11.9 Å². The van der Waals surface area contributed by atoms with Crippen LogP contribution in [0.5, 0.6) is 0 Å². The molecule has 1 aromatic heterocycles. The van der Waals surface area contributed by atoms with Gasteiger partial charge in [-0.2, -0.15) is 13.2 Å². The van der Waals surface area contributed by atoms with Crippen LogP contribution in [-0.2, 0) is 6.18 Å². The predicted molar refractivity (Wildman–Crippen MR) is 61.2 cm³/mol. The van der Waals surface area contributed by atoms with Crippen molar-refractivity contribution in [3.8, 4) is 0 Å². The van der Waals surface area contributed by atoms with Crippen molar-refractivity contribution in [1.29, 1.82) is 0 Å². The van der Waals surface area contributed by atoms with Crippen molar-refractivity contribution in [3.63, 3.8) is 0 Å². The molecular formula is C12H14F3N3. The van der Waals surface area contributed by atoms with E-state index in [1.54, 1.807) is 0 Å². The largest absolute Gasteiger partial charge is 0.433 e. The van der Waals surface area contributed by atoms with E-state index >= 15 is 0 Å². The van der Waals surface area contributed by atoms with Gasteiger partial charge < -0.3 is 10.6 Å². The molecule has 0 aromatic carbocycles. The Morgan fingerprint density at radius 2 is 2.11 bits per heavy atom. The van der Waals surface area contributed by atoms with Crippen LogP contribution in [0.25, 0.3) is 0 Å². The number of aromatic nitrogens is 1. The fourth-order valence-corrected chi connectivity index (χ4v) is 2.87. The summed E-state index contributed by atoms with van der Waals surface area (Å²) in [6.07, 6.45) is -0.869. The fraction of sp³-hybridized carbons (Fsp3) is 0.583. The molecule has 2 N–H and O–H groups in total. The maximum Gasteiger partial charge on any atom is 0.433 e. The molecule has 18 heavy (non-hydrogen) atoms. The van der Waals surface area contributed by atoms with Gasteiger partial charge in [0.2, 0.25) is 0 Å². The normalized spacial score (nSPS) is 30.7. The molecule has 0 spiro atoms. The number of nitrogens with one attached hydrogen (secondary N) is 2. The Balaban J connectivity index is 1.67. The van der Waals surface area contributed by atoms with Gasteiger partial charge >= 0.3 is 6.18 Å². The van der Waals surface area contributed by atoms with Gasteiger partial charge in [-0.1, -0.05) is 0 Å². The molecule has 2 heterocycles. The van der Waals surface area contributed by atoms with Gasteiger partial charge in [-0.15, -0.1) is 0 Å². The van der Waals surface area contributed by atoms with E-state index in [9.17, 15) is 13.2 Å². The Labute approximate surface area is 103 Å². The lowest BCUT2D eigenvalue weighted by Crippen LogP contribution is -2.41. The molecular weight excluding hydrogens is 243 g/mol. The summed E-state index contributed by atoms with van der Waals surface area (Å²) in [5.41, 5.74) is -0.193. The molecule has 0 amide bonds. The minimum atomic E-state index is -4.37. The topological polar surface area (TPSA) is 37.0 Å². The van der Waals surface area contributed by atoms with E-state index in [2.05, 4.69) is 15.6 Å². The lowest BCUT2D eigenvalue weighted by Gasteiger charge is -2.24. The van der Waals surface area contributed by atoms with Crippen molar-refractivity contribution in [2.75, 3.05) is 11.9 Å². The van der Waals surface area contributed by atoms with Crippen LogP contribution >= 0.6 is 0 Å². The number of hydrogen-bond donors (Lipinski definition) is 2. The summed E-state index contributed by atoms with van der Waals surface area (Å²) in [5.74, 6) is 0.704. The molecule has 6 heteroatoms. The predicted octanol–water partition coefficient (Wildman–Crippen LogP) is 2.26. The Morgan fingerprint density at radius 1 is 1.28 bits per heavy atom. The van der Waals surface area contributed by atoms with E-state index in [1.807, 2.05) is 0 Å². The van der Waals surface area contributed by atoms with Crippen LogP contribution in [0, 0.1) is 5.92 Å². The van der Waals surface area contributed by atoms with Crippen molar-refractivity contribution < 1.29 is 13.2 Å². The molecule has 2 aliphatic rings. The second-order valence-electron chi connectivity index (χ2n) is 5.03. The van der Waals surface area contributed by atoms with E-state index in [0.717, 1.165) is 25.5 Å². The average molecular weight is 257 g/mol. The standard InChI is InChI=1S/C12H14F3N3/c13-12(14,15)11-2-1-8(6-17-11)18-10-4-7-3-9(10)16-5-7/h1-2,6-7,9-10,16,18H,3-5H2/t7-,9+,10-/m1/s1. The molecule has 1 aromatic rings. The van der Waals surface area contributed by atoms with E-state index < -0.39 is 11.9 Å². The van der Waals surface area contributed by atoms with E-state index in [1.165, 1.54) is 12.3 Å². The summed E-state index contributed by atoms with van der Waals surface area (Å²) in [6, 6.07) is 3.21. The number of alkyl halides is 3. The first-order valence-electron chi connectivity index (χ1n) is 6.05. The lowest BCUT2D eigenvalue weighted by atomic mass is 10.1. The van der Waals surface area contributed by atoms with Crippen molar-refractivity contribution in [3.05, 3.63) is 24.0 Å².